The van der Waals surface area contributed by atoms with E-state index < -0.39 is 5.54 Å². The number of carbonyl (C=O) groups is 2. The molecule has 3 rings (SSSR count). The average Bonchev–Trinajstić information content (AvgIpc) is 3.34. The number of nitriles is 1. The molecule has 2 aromatic rings. The monoisotopic (exact) mass is 396 g/mol. The van der Waals surface area contributed by atoms with Gasteiger partial charge in [-0.2, -0.15) is 5.26 Å². The summed E-state index contributed by atoms with van der Waals surface area (Å²) in [6.45, 7) is 4.09. The van der Waals surface area contributed by atoms with E-state index >= 15 is 0 Å². The fraction of sp³-hybridized carbons (Fsp3) is 0.429. The Morgan fingerprint density at radius 1 is 1.36 bits per heavy atom. The molecule has 2 N–H and O–H groups in total. The number of hydrogen-bond acceptors (Lipinski definition) is 5. The predicted octanol–water partition coefficient (Wildman–Crippen LogP) is 3.33. The molecule has 1 fully saturated rings. The summed E-state index contributed by atoms with van der Waals surface area (Å²) in [6.07, 6.45) is 5.74. The summed E-state index contributed by atoms with van der Waals surface area (Å²) in [4.78, 5) is 28.5. The smallest absolute Gasteiger partial charge is 0.240 e. The maximum Gasteiger partial charge on any atom is 0.240 e. The second kappa shape index (κ2) is 8.53. The maximum atomic E-state index is 12.2. The van der Waals surface area contributed by atoms with Crippen molar-refractivity contribution in [2.75, 3.05) is 6.54 Å². The number of carbonyl (C=O) groups excluding carboxylic acids is 2. The van der Waals surface area contributed by atoms with E-state index in [1.165, 1.54) is 22.5 Å². The zero-order valence-electron chi connectivity index (χ0n) is 16.2. The predicted molar refractivity (Wildman–Crippen MR) is 111 cm³/mol. The fourth-order valence-electron chi connectivity index (χ4n) is 3.05. The lowest BCUT2D eigenvalue weighted by Crippen LogP contribution is -2.43. The second-order valence-electron chi connectivity index (χ2n) is 7.05. The quantitative estimate of drug-likeness (QED) is 0.715. The van der Waals surface area contributed by atoms with Gasteiger partial charge in [-0.3, -0.25) is 9.59 Å². The number of nitrogens with one attached hydrogen (secondary N) is 2. The first kappa shape index (κ1) is 20.0. The normalized spacial score (nSPS) is 15.1. The third kappa shape index (κ3) is 4.76. The first-order valence-electron chi connectivity index (χ1n) is 9.52. The van der Waals surface area contributed by atoms with E-state index in [0.717, 1.165) is 28.1 Å². The van der Waals surface area contributed by atoms with Gasteiger partial charge in [0.2, 0.25) is 11.8 Å². The maximum absolute atomic E-state index is 12.2. The molecule has 146 valence electrons. The third-order valence-electron chi connectivity index (χ3n) is 4.77. The van der Waals surface area contributed by atoms with E-state index in [2.05, 4.69) is 53.7 Å². The van der Waals surface area contributed by atoms with Crippen molar-refractivity contribution in [1.29, 1.82) is 5.26 Å². The van der Waals surface area contributed by atoms with Crippen LogP contribution in [0, 0.1) is 11.3 Å². The molecule has 1 aromatic carbocycles. The highest BCUT2D eigenvalue weighted by molar-refractivity contribution is 7.18. The van der Waals surface area contributed by atoms with E-state index in [0.29, 0.717) is 12.8 Å². The van der Waals surface area contributed by atoms with Crippen molar-refractivity contribution < 1.29 is 9.59 Å². The summed E-state index contributed by atoms with van der Waals surface area (Å²) < 4.78 is 1.05. The Morgan fingerprint density at radius 3 is 2.79 bits per heavy atom. The molecule has 0 saturated heterocycles. The second-order valence-corrected chi connectivity index (χ2v) is 8.16. The molecule has 0 unspecified atom stereocenters. The van der Waals surface area contributed by atoms with Gasteiger partial charge in [0.15, 0.2) is 0 Å². The molecule has 0 aliphatic heterocycles. The van der Waals surface area contributed by atoms with E-state index in [4.69, 9.17) is 5.26 Å². The van der Waals surface area contributed by atoms with Gasteiger partial charge >= 0.3 is 0 Å². The van der Waals surface area contributed by atoms with Crippen LogP contribution in [0.25, 0.3) is 15.8 Å². The Balaban J connectivity index is 1.58. The summed E-state index contributed by atoms with van der Waals surface area (Å²) in [5, 5.41) is 15.0. The highest BCUT2D eigenvalue weighted by atomic mass is 32.1. The molecule has 1 aromatic heterocycles. The van der Waals surface area contributed by atoms with Crippen LogP contribution in [0.1, 0.15) is 50.1 Å². The molecule has 28 heavy (non-hydrogen) atoms. The number of aromatic nitrogens is 1. The Hall–Kier alpha value is -2.72. The van der Waals surface area contributed by atoms with Gasteiger partial charge < -0.3 is 10.6 Å². The zero-order valence-corrected chi connectivity index (χ0v) is 17.0. The van der Waals surface area contributed by atoms with Crippen LogP contribution >= 0.6 is 11.3 Å². The van der Waals surface area contributed by atoms with Gasteiger partial charge in [-0.05, 0) is 49.5 Å². The van der Waals surface area contributed by atoms with Crippen LogP contribution in [-0.4, -0.2) is 28.9 Å². The van der Waals surface area contributed by atoms with Gasteiger partial charge in [-0.15, -0.1) is 11.3 Å². The minimum atomic E-state index is -0.712. The molecule has 6 nitrogen and oxygen atoms in total. The Morgan fingerprint density at radius 2 is 2.14 bits per heavy atom. The lowest BCUT2D eigenvalue weighted by molar-refractivity contribution is -0.126. The zero-order chi connectivity index (χ0) is 20.1. The van der Waals surface area contributed by atoms with Crippen molar-refractivity contribution in [3.8, 4) is 6.07 Å². The summed E-state index contributed by atoms with van der Waals surface area (Å²) in [5.74, 6) is -0.590. The average molecular weight is 397 g/mol. The lowest BCUT2D eigenvalue weighted by Gasteiger charge is -2.09. The largest absolute Gasteiger partial charge is 0.347 e. The molecule has 1 saturated carbocycles. The van der Waals surface area contributed by atoms with Crippen molar-refractivity contribution in [2.24, 2.45) is 0 Å². The van der Waals surface area contributed by atoms with Crippen LogP contribution in [0.4, 0.5) is 0 Å². The van der Waals surface area contributed by atoms with Crippen LogP contribution < -0.4 is 10.6 Å². The number of rotatable bonds is 8. The molecule has 0 atom stereocenters. The van der Waals surface area contributed by atoms with Crippen LogP contribution in [0.2, 0.25) is 0 Å². The number of thiazole rings is 1. The molecule has 1 aliphatic rings. The van der Waals surface area contributed by atoms with Crippen molar-refractivity contribution in [3.05, 3.63) is 34.8 Å². The molecule has 1 aliphatic carbocycles. The fourth-order valence-corrected chi connectivity index (χ4v) is 4.06. The number of allylic oxidation sites excluding steroid dienone is 2. The van der Waals surface area contributed by atoms with Crippen LogP contribution in [0.3, 0.4) is 0 Å². The van der Waals surface area contributed by atoms with Gasteiger partial charge in [0.25, 0.3) is 0 Å². The van der Waals surface area contributed by atoms with E-state index in [1.54, 1.807) is 0 Å². The minimum Gasteiger partial charge on any atom is -0.347 e. The molecular weight excluding hydrogens is 372 g/mol. The lowest BCUT2D eigenvalue weighted by atomic mass is 10.0. The summed E-state index contributed by atoms with van der Waals surface area (Å²) in [5.41, 5.74) is 2.68. The Bertz CT molecular complexity index is 966. The number of nitrogens with zero attached hydrogens (tertiary/aromatic N) is 2. The summed E-state index contributed by atoms with van der Waals surface area (Å²) in [7, 11) is 0. The molecule has 7 heteroatoms. The standard InChI is InChI=1S/C21H24N4O2S/c1-3-5-14(4-2)15-6-7-16-17(10-15)28-20(24-16)11-18(26)23-12-19(27)25-21(13-22)8-9-21/h4,6-7,10H,3,5,8-9,11-12H2,1-2H3,(H,23,26)(H,25,27)/b14-4+. The molecule has 1 heterocycles. The summed E-state index contributed by atoms with van der Waals surface area (Å²) >= 11 is 1.50. The number of fused-ring (bicyclic) bond motifs is 1. The van der Waals surface area contributed by atoms with E-state index in [-0.39, 0.29) is 24.8 Å². The topological polar surface area (TPSA) is 94.9 Å². The minimum absolute atomic E-state index is 0.126. The third-order valence-corrected chi connectivity index (χ3v) is 5.79. The van der Waals surface area contributed by atoms with Crippen molar-refractivity contribution in [2.45, 2.75) is 51.5 Å². The number of benzene rings is 1. The van der Waals surface area contributed by atoms with Crippen molar-refractivity contribution >= 4 is 38.9 Å². The highest BCUT2D eigenvalue weighted by Crippen LogP contribution is 2.34. The summed E-state index contributed by atoms with van der Waals surface area (Å²) in [6, 6.07) is 8.29. The molecule has 0 spiro atoms. The van der Waals surface area contributed by atoms with Crippen molar-refractivity contribution in [3.63, 3.8) is 0 Å². The van der Waals surface area contributed by atoms with E-state index in [9.17, 15) is 9.59 Å². The first-order valence-corrected chi connectivity index (χ1v) is 10.3. The van der Waals surface area contributed by atoms with Gasteiger partial charge in [0.1, 0.15) is 10.5 Å². The van der Waals surface area contributed by atoms with Gasteiger partial charge in [-0.1, -0.05) is 25.5 Å². The van der Waals surface area contributed by atoms with Crippen LogP contribution in [-0.2, 0) is 16.0 Å². The van der Waals surface area contributed by atoms with E-state index in [1.807, 2.05) is 6.07 Å². The first-order chi connectivity index (χ1) is 13.5. The van der Waals surface area contributed by atoms with Crippen molar-refractivity contribution in [1.82, 2.24) is 15.6 Å². The van der Waals surface area contributed by atoms with Gasteiger partial charge in [-0.25, -0.2) is 4.98 Å². The van der Waals surface area contributed by atoms with Gasteiger partial charge in [0.05, 0.1) is 29.3 Å². The Labute approximate surface area is 168 Å². The number of hydrogen-bond donors (Lipinski definition) is 2. The Kier molecular flexibility index (Phi) is 6.10. The SMILES string of the molecule is C/C=C(\CCC)c1ccc2nc(CC(=O)NCC(=O)NC3(C#N)CC3)sc2c1. The van der Waals surface area contributed by atoms with Crippen LogP contribution in [0.15, 0.2) is 24.3 Å². The van der Waals surface area contributed by atoms with Crippen LogP contribution in [0.5, 0.6) is 0 Å². The highest BCUT2D eigenvalue weighted by Gasteiger charge is 2.44. The molecular formula is C21H24N4O2S. The molecule has 2 amide bonds. The van der Waals surface area contributed by atoms with Gasteiger partial charge in [0, 0.05) is 0 Å². The molecule has 0 radical (unpaired) electrons. The number of amides is 2. The molecule has 0 bridgehead atoms.